The topological polar surface area (TPSA) is 53.1 Å². The molecule has 6 heteroatoms. The molecule has 4 rings (SSSR count). The number of hydrogen-bond acceptors (Lipinski definition) is 4. The van der Waals surface area contributed by atoms with Gasteiger partial charge in [-0.2, -0.15) is 0 Å². The molecule has 0 bridgehead atoms. The first kappa shape index (κ1) is 19.5. The van der Waals surface area contributed by atoms with Gasteiger partial charge in [0.05, 0.1) is 13.7 Å². The van der Waals surface area contributed by atoms with Gasteiger partial charge < -0.3 is 9.64 Å². The van der Waals surface area contributed by atoms with Crippen molar-refractivity contribution >= 4 is 11.9 Å². The highest BCUT2D eigenvalue weighted by Crippen LogP contribution is 2.37. The molecule has 1 spiro atoms. The highest BCUT2D eigenvalue weighted by molar-refractivity contribution is 6.06. The van der Waals surface area contributed by atoms with Crippen LogP contribution in [0.3, 0.4) is 0 Å². The lowest BCUT2D eigenvalue weighted by atomic mass is 9.86. The largest absolute Gasteiger partial charge is 0.497 e. The van der Waals surface area contributed by atoms with Crippen LogP contribution in [-0.2, 0) is 17.9 Å². The van der Waals surface area contributed by atoms with Crippen molar-refractivity contribution in [3.8, 4) is 5.75 Å². The van der Waals surface area contributed by atoms with E-state index >= 15 is 0 Å². The minimum atomic E-state index is -0.706. The number of amides is 3. The van der Waals surface area contributed by atoms with Gasteiger partial charge in [-0.1, -0.05) is 42.5 Å². The Morgan fingerprint density at radius 1 is 0.897 bits per heavy atom. The van der Waals surface area contributed by atoms with E-state index in [9.17, 15) is 9.59 Å². The zero-order valence-electron chi connectivity index (χ0n) is 17.0. The number of piperidine rings is 1. The van der Waals surface area contributed by atoms with Gasteiger partial charge in [0.1, 0.15) is 11.3 Å². The first-order valence-electron chi connectivity index (χ1n) is 10.0. The lowest BCUT2D eigenvalue weighted by Crippen LogP contribution is -2.55. The Bertz CT molecular complexity index is 874. The maximum Gasteiger partial charge on any atom is 0.327 e. The normalized spacial score (nSPS) is 19.2. The molecule has 2 aliphatic rings. The van der Waals surface area contributed by atoms with Crippen molar-refractivity contribution in [1.29, 1.82) is 0 Å². The number of likely N-dealkylation sites (tertiary alicyclic amines) is 1. The van der Waals surface area contributed by atoms with Gasteiger partial charge in [0.15, 0.2) is 0 Å². The molecule has 0 aliphatic carbocycles. The maximum absolute atomic E-state index is 13.3. The number of carbonyl (C=O) groups is 2. The third kappa shape index (κ3) is 3.60. The summed E-state index contributed by atoms with van der Waals surface area (Å²) >= 11 is 0. The van der Waals surface area contributed by atoms with E-state index in [1.165, 1.54) is 10.5 Å². The van der Waals surface area contributed by atoms with Crippen molar-refractivity contribution in [1.82, 2.24) is 14.7 Å². The molecule has 2 aliphatic heterocycles. The second-order valence-electron chi connectivity index (χ2n) is 7.87. The van der Waals surface area contributed by atoms with Crippen molar-refractivity contribution < 1.29 is 14.3 Å². The van der Waals surface area contributed by atoms with E-state index in [4.69, 9.17) is 4.74 Å². The summed E-state index contributed by atoms with van der Waals surface area (Å²) in [5.74, 6) is 0.791. The van der Waals surface area contributed by atoms with Crippen LogP contribution in [0.4, 0.5) is 4.79 Å². The smallest absolute Gasteiger partial charge is 0.327 e. The minimum Gasteiger partial charge on any atom is -0.497 e. The Morgan fingerprint density at radius 2 is 1.52 bits per heavy atom. The van der Waals surface area contributed by atoms with Crippen LogP contribution in [0.25, 0.3) is 0 Å². The van der Waals surface area contributed by atoms with E-state index in [-0.39, 0.29) is 11.9 Å². The first-order chi connectivity index (χ1) is 14.0. The Morgan fingerprint density at radius 3 is 2.14 bits per heavy atom. The number of carbonyl (C=O) groups excluding carboxylic acids is 2. The summed E-state index contributed by atoms with van der Waals surface area (Å²) in [5.41, 5.74) is 1.48. The molecule has 0 N–H and O–H groups in total. The number of benzene rings is 2. The summed E-state index contributed by atoms with van der Waals surface area (Å²) < 4.78 is 5.22. The van der Waals surface area contributed by atoms with Gasteiger partial charge in [0.2, 0.25) is 0 Å². The molecule has 152 valence electrons. The molecular weight excluding hydrogens is 366 g/mol. The Labute approximate surface area is 171 Å². The molecule has 0 aromatic heterocycles. The van der Waals surface area contributed by atoms with E-state index in [1.807, 2.05) is 42.5 Å². The Balaban J connectivity index is 1.42. The Kier molecular flexibility index (Phi) is 5.28. The van der Waals surface area contributed by atoms with Crippen molar-refractivity contribution in [2.75, 3.05) is 27.2 Å². The van der Waals surface area contributed by atoms with E-state index in [0.717, 1.165) is 30.9 Å². The molecule has 0 saturated carbocycles. The minimum absolute atomic E-state index is 0.0575. The van der Waals surface area contributed by atoms with Crippen molar-refractivity contribution in [2.45, 2.75) is 31.5 Å². The molecule has 3 amide bonds. The molecule has 2 aromatic carbocycles. The summed E-state index contributed by atoms with van der Waals surface area (Å²) in [5, 5.41) is 0. The molecule has 29 heavy (non-hydrogen) atoms. The number of methoxy groups -OCH3 is 1. The predicted molar refractivity (Wildman–Crippen MR) is 110 cm³/mol. The molecule has 2 saturated heterocycles. The van der Waals surface area contributed by atoms with Gasteiger partial charge in [0, 0.05) is 26.7 Å². The van der Waals surface area contributed by atoms with E-state index < -0.39 is 5.54 Å². The van der Waals surface area contributed by atoms with Gasteiger partial charge in [-0.25, -0.2) is 4.79 Å². The van der Waals surface area contributed by atoms with Crippen LogP contribution >= 0.6 is 0 Å². The number of likely N-dealkylation sites (N-methyl/N-ethyl adjacent to an activating group) is 1. The van der Waals surface area contributed by atoms with Crippen molar-refractivity contribution in [3.05, 3.63) is 65.7 Å². The fourth-order valence-electron chi connectivity index (χ4n) is 4.37. The zero-order chi connectivity index (χ0) is 20.4. The van der Waals surface area contributed by atoms with Gasteiger partial charge in [0.25, 0.3) is 5.91 Å². The van der Waals surface area contributed by atoms with Gasteiger partial charge in [-0.3, -0.25) is 14.6 Å². The molecule has 6 nitrogen and oxygen atoms in total. The van der Waals surface area contributed by atoms with E-state index in [2.05, 4.69) is 17.0 Å². The monoisotopic (exact) mass is 393 g/mol. The SMILES string of the molecule is COc1ccc(CN2CCC3(CC2)C(=O)N(Cc2ccccc2)C(=O)N3C)cc1. The van der Waals surface area contributed by atoms with Crippen LogP contribution in [0.2, 0.25) is 0 Å². The molecular formula is C23H27N3O3. The second-order valence-corrected chi connectivity index (χ2v) is 7.87. The van der Waals surface area contributed by atoms with Crippen molar-refractivity contribution in [3.63, 3.8) is 0 Å². The Hall–Kier alpha value is -2.86. The van der Waals surface area contributed by atoms with Gasteiger partial charge >= 0.3 is 6.03 Å². The molecule has 2 aromatic rings. The number of rotatable bonds is 5. The third-order valence-electron chi connectivity index (χ3n) is 6.24. The van der Waals surface area contributed by atoms with Crippen LogP contribution in [-0.4, -0.2) is 59.4 Å². The fourth-order valence-corrected chi connectivity index (χ4v) is 4.37. The lowest BCUT2D eigenvalue weighted by molar-refractivity contribution is -0.135. The molecule has 0 radical (unpaired) electrons. The number of imide groups is 1. The first-order valence-corrected chi connectivity index (χ1v) is 10.0. The predicted octanol–water partition coefficient (Wildman–Crippen LogP) is 3.12. The van der Waals surface area contributed by atoms with Crippen LogP contribution < -0.4 is 4.74 Å². The van der Waals surface area contributed by atoms with Crippen LogP contribution in [0.5, 0.6) is 5.75 Å². The van der Waals surface area contributed by atoms with E-state index in [1.54, 1.807) is 19.1 Å². The standard InChI is InChI=1S/C23H27N3O3/c1-24-22(28)26(17-18-6-4-3-5-7-18)21(27)23(24)12-14-25(15-13-23)16-19-8-10-20(29-2)11-9-19/h3-11H,12-17H2,1-2H3. The zero-order valence-corrected chi connectivity index (χ0v) is 17.0. The summed E-state index contributed by atoms with van der Waals surface area (Å²) in [6.07, 6.45) is 1.32. The molecule has 2 heterocycles. The number of urea groups is 1. The van der Waals surface area contributed by atoms with Crippen molar-refractivity contribution in [2.24, 2.45) is 0 Å². The van der Waals surface area contributed by atoms with E-state index in [0.29, 0.717) is 19.4 Å². The number of hydrogen-bond donors (Lipinski definition) is 0. The van der Waals surface area contributed by atoms with Crippen LogP contribution in [0, 0.1) is 0 Å². The lowest BCUT2D eigenvalue weighted by Gasteiger charge is -2.40. The second kappa shape index (κ2) is 7.87. The van der Waals surface area contributed by atoms with Crippen LogP contribution in [0.15, 0.2) is 54.6 Å². The number of nitrogens with zero attached hydrogens (tertiary/aromatic N) is 3. The average molecular weight is 393 g/mol. The highest BCUT2D eigenvalue weighted by atomic mass is 16.5. The maximum atomic E-state index is 13.3. The van der Waals surface area contributed by atoms with Gasteiger partial charge in [-0.05, 0) is 36.1 Å². The summed E-state index contributed by atoms with van der Waals surface area (Å²) in [6, 6.07) is 17.6. The number of ether oxygens (including phenoxy) is 1. The average Bonchev–Trinajstić information content (AvgIpc) is 2.93. The molecule has 0 atom stereocenters. The summed E-state index contributed by atoms with van der Waals surface area (Å²) in [6.45, 7) is 2.74. The highest BCUT2D eigenvalue weighted by Gasteiger charge is 2.56. The molecule has 0 unspecified atom stereocenters. The quantitative estimate of drug-likeness (QED) is 0.733. The summed E-state index contributed by atoms with van der Waals surface area (Å²) in [7, 11) is 3.43. The van der Waals surface area contributed by atoms with Gasteiger partial charge in [-0.15, -0.1) is 0 Å². The van der Waals surface area contributed by atoms with Crippen LogP contribution in [0.1, 0.15) is 24.0 Å². The molecule has 2 fully saturated rings. The fraction of sp³-hybridized carbons (Fsp3) is 0.391. The third-order valence-corrected chi connectivity index (χ3v) is 6.24. The summed E-state index contributed by atoms with van der Waals surface area (Å²) in [4.78, 5) is 31.5.